The maximum Gasteiger partial charge on any atom is 0.417 e. The van der Waals surface area contributed by atoms with Crippen LogP contribution >= 0.6 is 0 Å². The number of nitrogens with zero attached hydrogens (tertiary/aromatic N) is 3. The number of alkyl halides is 3. The summed E-state index contributed by atoms with van der Waals surface area (Å²) >= 11 is 0. The van der Waals surface area contributed by atoms with E-state index in [1.807, 2.05) is 6.92 Å². The third-order valence-electron chi connectivity index (χ3n) is 4.91. The molecule has 1 aromatic carbocycles. The van der Waals surface area contributed by atoms with Crippen molar-refractivity contribution < 1.29 is 23.1 Å². The summed E-state index contributed by atoms with van der Waals surface area (Å²) in [6.45, 7) is 1.92. The summed E-state index contributed by atoms with van der Waals surface area (Å²) in [5.74, 6) is -0.253. The van der Waals surface area contributed by atoms with E-state index in [1.165, 1.54) is 18.2 Å². The van der Waals surface area contributed by atoms with Crippen molar-refractivity contribution in [3.63, 3.8) is 0 Å². The summed E-state index contributed by atoms with van der Waals surface area (Å²) in [4.78, 5) is 11.1. The highest BCUT2D eigenvalue weighted by atomic mass is 19.4. The lowest BCUT2D eigenvalue weighted by Gasteiger charge is -2.31. The van der Waals surface area contributed by atoms with Crippen molar-refractivity contribution in [2.75, 3.05) is 0 Å². The van der Waals surface area contributed by atoms with Crippen molar-refractivity contribution in [3.05, 3.63) is 47.3 Å². The molecule has 0 saturated carbocycles. The summed E-state index contributed by atoms with van der Waals surface area (Å²) in [6.07, 6.45) is -1.47. The predicted molar refractivity (Wildman–Crippen MR) is 88.4 cm³/mol. The number of allylic oxidation sites excluding steroid dienone is 1. The maximum absolute atomic E-state index is 13.3. The monoisotopic (exact) mass is 365 g/mol. The zero-order valence-electron chi connectivity index (χ0n) is 14.3. The van der Waals surface area contributed by atoms with Gasteiger partial charge >= 0.3 is 12.1 Å². The molecule has 0 aliphatic heterocycles. The molecule has 1 heterocycles. The first-order valence-electron chi connectivity index (χ1n) is 8.12. The van der Waals surface area contributed by atoms with Gasteiger partial charge in [-0.2, -0.15) is 13.2 Å². The van der Waals surface area contributed by atoms with E-state index in [0.717, 1.165) is 6.07 Å². The predicted octanol–water partition coefficient (Wildman–Crippen LogP) is 3.95. The Balaban J connectivity index is 2.02. The molecule has 26 heavy (non-hydrogen) atoms. The standard InChI is InChI=1S/C18H18F3N3O2/c1-17(9-7-11(8-10-17)15(25)26)16-23-22-14(24(16)2)12-5-3-4-6-13(12)18(19,20)21/h3-7H,8-10H2,1-2H3,(H,25,26). The largest absolute Gasteiger partial charge is 0.478 e. The van der Waals surface area contributed by atoms with Gasteiger partial charge in [0.25, 0.3) is 0 Å². The molecular weight excluding hydrogens is 347 g/mol. The molecule has 1 unspecified atom stereocenters. The van der Waals surface area contributed by atoms with Gasteiger partial charge < -0.3 is 9.67 Å². The molecule has 5 nitrogen and oxygen atoms in total. The zero-order valence-corrected chi connectivity index (χ0v) is 14.3. The molecule has 2 aromatic rings. The van der Waals surface area contributed by atoms with Crippen molar-refractivity contribution in [1.82, 2.24) is 14.8 Å². The van der Waals surface area contributed by atoms with Crippen LogP contribution < -0.4 is 0 Å². The summed E-state index contributed by atoms with van der Waals surface area (Å²) < 4.78 is 41.5. The van der Waals surface area contributed by atoms with Crippen LogP contribution in [0.5, 0.6) is 0 Å². The quantitative estimate of drug-likeness (QED) is 0.894. The maximum atomic E-state index is 13.3. The molecule has 1 atom stereocenters. The second-order valence-electron chi connectivity index (χ2n) is 6.75. The van der Waals surface area contributed by atoms with Crippen LogP contribution in [0.1, 0.15) is 37.6 Å². The highest BCUT2D eigenvalue weighted by molar-refractivity contribution is 5.86. The van der Waals surface area contributed by atoms with E-state index in [0.29, 0.717) is 30.7 Å². The van der Waals surface area contributed by atoms with Gasteiger partial charge in [-0.25, -0.2) is 4.79 Å². The van der Waals surface area contributed by atoms with E-state index < -0.39 is 23.1 Å². The lowest BCUT2D eigenvalue weighted by atomic mass is 9.76. The van der Waals surface area contributed by atoms with Crippen molar-refractivity contribution in [2.45, 2.75) is 37.8 Å². The van der Waals surface area contributed by atoms with Crippen LogP contribution in [0.4, 0.5) is 13.2 Å². The minimum atomic E-state index is -4.49. The van der Waals surface area contributed by atoms with Gasteiger partial charge in [0, 0.05) is 23.6 Å². The fourth-order valence-corrected chi connectivity index (χ4v) is 3.38. The number of hydrogen-bond donors (Lipinski definition) is 1. The Morgan fingerprint density at radius 1 is 1.27 bits per heavy atom. The van der Waals surface area contributed by atoms with Gasteiger partial charge in [-0.05, 0) is 25.3 Å². The van der Waals surface area contributed by atoms with Crippen molar-refractivity contribution in [1.29, 1.82) is 0 Å². The number of benzene rings is 1. The molecule has 0 amide bonds. The molecule has 8 heteroatoms. The number of carbonyl (C=O) groups is 1. The first-order chi connectivity index (χ1) is 12.1. The van der Waals surface area contributed by atoms with Crippen LogP contribution in [0.3, 0.4) is 0 Å². The summed E-state index contributed by atoms with van der Waals surface area (Å²) in [7, 11) is 1.64. The number of carboxylic acids is 1. The Bertz CT molecular complexity index is 886. The number of halogens is 3. The van der Waals surface area contributed by atoms with E-state index in [1.54, 1.807) is 17.7 Å². The molecule has 1 aliphatic rings. The van der Waals surface area contributed by atoms with Gasteiger partial charge in [0.05, 0.1) is 5.56 Å². The number of aromatic nitrogens is 3. The normalized spacial score (nSPS) is 20.7. The van der Waals surface area contributed by atoms with Gasteiger partial charge in [-0.15, -0.1) is 10.2 Å². The van der Waals surface area contributed by atoms with Crippen molar-refractivity contribution >= 4 is 5.97 Å². The number of carboxylic acid groups (broad SMARTS) is 1. The Kier molecular flexibility index (Phi) is 4.37. The SMILES string of the molecule is Cn1c(-c2ccccc2C(F)(F)F)nnc1C1(C)CC=C(C(=O)O)CC1. The smallest absolute Gasteiger partial charge is 0.417 e. The Labute approximate surface area is 148 Å². The highest BCUT2D eigenvalue weighted by Crippen LogP contribution is 2.40. The first-order valence-corrected chi connectivity index (χ1v) is 8.12. The van der Waals surface area contributed by atoms with E-state index in [-0.39, 0.29) is 11.4 Å². The lowest BCUT2D eigenvalue weighted by Crippen LogP contribution is -2.29. The Morgan fingerprint density at radius 3 is 2.54 bits per heavy atom. The van der Waals surface area contributed by atoms with E-state index in [4.69, 9.17) is 5.11 Å². The molecule has 0 spiro atoms. The molecule has 138 valence electrons. The van der Waals surface area contributed by atoms with Crippen LogP contribution in [0, 0.1) is 0 Å². The van der Waals surface area contributed by atoms with Crippen LogP contribution in [0.15, 0.2) is 35.9 Å². The van der Waals surface area contributed by atoms with Gasteiger partial charge in [-0.3, -0.25) is 0 Å². The topological polar surface area (TPSA) is 68.0 Å². The fourth-order valence-electron chi connectivity index (χ4n) is 3.38. The average Bonchev–Trinajstić information content (AvgIpc) is 2.96. The lowest BCUT2D eigenvalue weighted by molar-refractivity contribution is -0.137. The summed E-state index contributed by atoms with van der Waals surface area (Å²) in [5.41, 5.74) is -0.912. The third-order valence-corrected chi connectivity index (χ3v) is 4.91. The number of rotatable bonds is 3. The first kappa shape index (κ1) is 18.2. The molecular formula is C18H18F3N3O2. The number of aliphatic carboxylic acids is 1. The third kappa shape index (κ3) is 3.11. The van der Waals surface area contributed by atoms with E-state index in [2.05, 4.69) is 10.2 Å². The van der Waals surface area contributed by atoms with Crippen LogP contribution in [-0.2, 0) is 23.4 Å². The van der Waals surface area contributed by atoms with Crippen molar-refractivity contribution in [3.8, 4) is 11.4 Å². The minimum Gasteiger partial charge on any atom is -0.478 e. The van der Waals surface area contributed by atoms with Gasteiger partial charge in [-0.1, -0.05) is 31.2 Å². The second-order valence-corrected chi connectivity index (χ2v) is 6.75. The van der Waals surface area contributed by atoms with Crippen LogP contribution in [-0.4, -0.2) is 25.8 Å². The zero-order chi connectivity index (χ0) is 19.1. The van der Waals surface area contributed by atoms with Crippen LogP contribution in [0.2, 0.25) is 0 Å². The number of hydrogen-bond acceptors (Lipinski definition) is 3. The Morgan fingerprint density at radius 2 is 1.96 bits per heavy atom. The van der Waals surface area contributed by atoms with Crippen LogP contribution in [0.25, 0.3) is 11.4 Å². The molecule has 1 aromatic heterocycles. The van der Waals surface area contributed by atoms with E-state index in [9.17, 15) is 18.0 Å². The molecule has 0 radical (unpaired) electrons. The summed E-state index contributed by atoms with van der Waals surface area (Å²) in [6, 6.07) is 5.27. The average molecular weight is 365 g/mol. The molecule has 0 bridgehead atoms. The molecule has 1 N–H and O–H groups in total. The molecule has 0 fully saturated rings. The molecule has 3 rings (SSSR count). The van der Waals surface area contributed by atoms with Gasteiger partial charge in [0.2, 0.25) is 0 Å². The van der Waals surface area contributed by atoms with Gasteiger partial charge in [0.1, 0.15) is 5.82 Å². The second kappa shape index (κ2) is 6.26. The summed E-state index contributed by atoms with van der Waals surface area (Å²) in [5, 5.41) is 17.2. The fraction of sp³-hybridized carbons (Fsp3) is 0.389. The van der Waals surface area contributed by atoms with Gasteiger partial charge in [0.15, 0.2) is 5.82 Å². The molecule has 0 saturated heterocycles. The van der Waals surface area contributed by atoms with E-state index >= 15 is 0 Å². The highest BCUT2D eigenvalue weighted by Gasteiger charge is 2.38. The van der Waals surface area contributed by atoms with Crippen molar-refractivity contribution in [2.24, 2.45) is 7.05 Å². The molecule has 1 aliphatic carbocycles. The minimum absolute atomic E-state index is 0.0255. The Hall–Kier alpha value is -2.64.